The maximum absolute atomic E-state index is 4.52. The van der Waals surface area contributed by atoms with E-state index in [1.165, 1.54) is 27.9 Å². The van der Waals surface area contributed by atoms with Crippen LogP contribution in [0.3, 0.4) is 0 Å². The van der Waals surface area contributed by atoms with E-state index in [4.69, 9.17) is 0 Å². The molecule has 108 valence electrons. The predicted molar refractivity (Wildman–Crippen MR) is 84.0 cm³/mol. The van der Waals surface area contributed by atoms with E-state index in [0.29, 0.717) is 6.04 Å². The molecule has 1 aromatic heterocycles. The van der Waals surface area contributed by atoms with Gasteiger partial charge in [0.1, 0.15) is 0 Å². The summed E-state index contributed by atoms with van der Waals surface area (Å²) in [6, 6.07) is 7.18. The summed E-state index contributed by atoms with van der Waals surface area (Å²) >= 11 is 0. The van der Waals surface area contributed by atoms with Gasteiger partial charge in [-0.1, -0.05) is 43.2 Å². The number of hydrogen-bond acceptors (Lipinski definition) is 2. The number of nitrogens with zero attached hydrogens (tertiary/aromatic N) is 2. The van der Waals surface area contributed by atoms with Crippen LogP contribution in [0, 0.1) is 20.8 Å². The first kappa shape index (κ1) is 14.8. The maximum atomic E-state index is 4.52. The van der Waals surface area contributed by atoms with Crippen LogP contribution in [0.2, 0.25) is 0 Å². The summed E-state index contributed by atoms with van der Waals surface area (Å²) in [4.78, 5) is 0. The Morgan fingerprint density at radius 2 is 1.75 bits per heavy atom. The van der Waals surface area contributed by atoms with Crippen molar-refractivity contribution in [3.05, 3.63) is 52.3 Å². The fourth-order valence-corrected chi connectivity index (χ4v) is 2.47. The first-order valence-corrected chi connectivity index (χ1v) is 7.27. The van der Waals surface area contributed by atoms with Gasteiger partial charge in [-0.05, 0) is 26.3 Å². The van der Waals surface area contributed by atoms with Crippen LogP contribution in [0.15, 0.2) is 24.4 Å². The van der Waals surface area contributed by atoms with Gasteiger partial charge in [-0.15, -0.1) is 0 Å². The summed E-state index contributed by atoms with van der Waals surface area (Å²) in [5, 5.41) is 7.97. The molecule has 0 saturated carbocycles. The summed E-state index contributed by atoms with van der Waals surface area (Å²) in [5.41, 5.74) is 6.47. The fraction of sp³-hybridized carbons (Fsp3) is 0.471. The van der Waals surface area contributed by atoms with Crippen molar-refractivity contribution in [3.8, 4) is 0 Å². The van der Waals surface area contributed by atoms with Crippen LogP contribution in [0.4, 0.5) is 0 Å². The molecule has 0 fully saturated rings. The molecule has 1 heterocycles. The van der Waals surface area contributed by atoms with Gasteiger partial charge in [0.25, 0.3) is 0 Å². The van der Waals surface area contributed by atoms with E-state index in [0.717, 1.165) is 13.1 Å². The molecular weight excluding hydrogens is 246 g/mol. The third-order valence-corrected chi connectivity index (χ3v) is 3.52. The topological polar surface area (TPSA) is 29.9 Å². The van der Waals surface area contributed by atoms with Crippen molar-refractivity contribution in [3.63, 3.8) is 0 Å². The van der Waals surface area contributed by atoms with Gasteiger partial charge in [-0.3, -0.25) is 4.68 Å². The number of rotatable bonds is 5. The second-order valence-electron chi connectivity index (χ2n) is 5.94. The first-order chi connectivity index (χ1) is 9.45. The normalized spacial score (nSPS) is 11.3. The van der Waals surface area contributed by atoms with Crippen molar-refractivity contribution in [1.29, 1.82) is 0 Å². The monoisotopic (exact) mass is 271 g/mol. The maximum Gasteiger partial charge on any atom is 0.0662 e. The number of aryl methyl sites for hydroxylation is 2. The number of aromatic nitrogens is 2. The van der Waals surface area contributed by atoms with E-state index >= 15 is 0 Å². The van der Waals surface area contributed by atoms with Gasteiger partial charge in [0, 0.05) is 23.8 Å². The second kappa shape index (κ2) is 6.23. The lowest BCUT2D eigenvalue weighted by Crippen LogP contribution is -2.22. The Balaban J connectivity index is 2.13. The summed E-state index contributed by atoms with van der Waals surface area (Å²) in [7, 11) is 0. The van der Waals surface area contributed by atoms with E-state index in [1.807, 2.05) is 6.20 Å². The summed E-state index contributed by atoms with van der Waals surface area (Å²) in [6.07, 6.45) is 1.98. The average molecular weight is 271 g/mol. The Kier molecular flexibility index (Phi) is 4.61. The lowest BCUT2D eigenvalue weighted by Gasteiger charge is -2.09. The van der Waals surface area contributed by atoms with Gasteiger partial charge in [-0.25, -0.2) is 0 Å². The van der Waals surface area contributed by atoms with Crippen LogP contribution in [0.5, 0.6) is 0 Å². The molecule has 0 unspecified atom stereocenters. The van der Waals surface area contributed by atoms with Gasteiger partial charge in [-0.2, -0.15) is 5.10 Å². The van der Waals surface area contributed by atoms with Crippen molar-refractivity contribution in [2.75, 3.05) is 0 Å². The van der Waals surface area contributed by atoms with Crippen LogP contribution in [-0.4, -0.2) is 15.8 Å². The van der Waals surface area contributed by atoms with Crippen molar-refractivity contribution >= 4 is 0 Å². The smallest absolute Gasteiger partial charge is 0.0662 e. The van der Waals surface area contributed by atoms with Crippen molar-refractivity contribution in [1.82, 2.24) is 15.1 Å². The van der Waals surface area contributed by atoms with E-state index in [1.54, 1.807) is 0 Å². The summed E-state index contributed by atoms with van der Waals surface area (Å²) in [6.45, 7) is 12.5. The van der Waals surface area contributed by atoms with Crippen molar-refractivity contribution in [2.24, 2.45) is 0 Å². The first-order valence-electron chi connectivity index (χ1n) is 7.27. The van der Waals surface area contributed by atoms with E-state index < -0.39 is 0 Å². The molecule has 3 nitrogen and oxygen atoms in total. The molecule has 0 spiro atoms. The molecule has 0 radical (unpaired) electrons. The van der Waals surface area contributed by atoms with Crippen molar-refractivity contribution < 1.29 is 0 Å². The molecule has 1 N–H and O–H groups in total. The van der Waals surface area contributed by atoms with Crippen LogP contribution in [-0.2, 0) is 13.1 Å². The molecule has 2 rings (SSSR count). The van der Waals surface area contributed by atoms with Gasteiger partial charge in [0.05, 0.1) is 12.7 Å². The zero-order valence-electron chi connectivity index (χ0n) is 13.2. The van der Waals surface area contributed by atoms with Gasteiger partial charge < -0.3 is 5.32 Å². The molecule has 3 heteroatoms. The standard InChI is InChI=1S/C17H25N3/c1-12(2)18-9-17-10-19-20(15(17)5)11-16-7-13(3)6-14(4)8-16/h6-8,10,12,18H,9,11H2,1-5H3. The molecule has 0 atom stereocenters. The minimum Gasteiger partial charge on any atom is -0.310 e. The van der Waals surface area contributed by atoms with Gasteiger partial charge in [0.2, 0.25) is 0 Å². The molecule has 20 heavy (non-hydrogen) atoms. The zero-order valence-corrected chi connectivity index (χ0v) is 13.2. The number of benzene rings is 1. The molecule has 0 aliphatic carbocycles. The molecule has 0 amide bonds. The Morgan fingerprint density at radius 1 is 1.10 bits per heavy atom. The highest BCUT2D eigenvalue weighted by Gasteiger charge is 2.07. The predicted octanol–water partition coefficient (Wildman–Crippen LogP) is 3.35. The Bertz CT molecular complexity index is 562. The average Bonchev–Trinajstić information content (AvgIpc) is 2.67. The minimum atomic E-state index is 0.497. The van der Waals surface area contributed by atoms with Gasteiger partial charge in [0.15, 0.2) is 0 Å². The van der Waals surface area contributed by atoms with Crippen LogP contribution in [0.1, 0.15) is 41.8 Å². The Hall–Kier alpha value is -1.61. The highest BCUT2D eigenvalue weighted by Crippen LogP contribution is 2.13. The summed E-state index contributed by atoms with van der Waals surface area (Å²) in [5.74, 6) is 0. The van der Waals surface area contributed by atoms with E-state index in [2.05, 4.69) is 67.9 Å². The molecule has 0 aliphatic heterocycles. The lowest BCUT2D eigenvalue weighted by molar-refractivity contribution is 0.585. The third-order valence-electron chi connectivity index (χ3n) is 3.52. The van der Waals surface area contributed by atoms with E-state index in [9.17, 15) is 0 Å². The number of hydrogen-bond donors (Lipinski definition) is 1. The summed E-state index contributed by atoms with van der Waals surface area (Å²) < 4.78 is 2.09. The second-order valence-corrected chi connectivity index (χ2v) is 5.94. The van der Waals surface area contributed by atoms with E-state index in [-0.39, 0.29) is 0 Å². The largest absolute Gasteiger partial charge is 0.310 e. The zero-order chi connectivity index (χ0) is 14.7. The molecule has 0 saturated heterocycles. The molecule has 1 aromatic carbocycles. The lowest BCUT2D eigenvalue weighted by atomic mass is 10.1. The fourth-order valence-electron chi connectivity index (χ4n) is 2.47. The van der Waals surface area contributed by atoms with Crippen molar-refractivity contribution in [2.45, 2.75) is 53.8 Å². The van der Waals surface area contributed by atoms with Crippen LogP contribution < -0.4 is 5.32 Å². The molecule has 0 aliphatic rings. The minimum absolute atomic E-state index is 0.497. The highest BCUT2D eigenvalue weighted by atomic mass is 15.3. The third kappa shape index (κ3) is 3.70. The number of nitrogens with one attached hydrogen (secondary N) is 1. The van der Waals surface area contributed by atoms with Gasteiger partial charge >= 0.3 is 0 Å². The molecule has 2 aromatic rings. The Morgan fingerprint density at radius 3 is 2.35 bits per heavy atom. The highest BCUT2D eigenvalue weighted by molar-refractivity contribution is 5.29. The Labute approximate surface area is 122 Å². The van der Waals surface area contributed by atoms with Crippen LogP contribution >= 0.6 is 0 Å². The SMILES string of the molecule is Cc1cc(C)cc(Cn2ncc(CNC(C)C)c2C)c1. The quantitative estimate of drug-likeness (QED) is 0.903. The molecular formula is C17H25N3. The molecule has 0 bridgehead atoms. The van der Waals surface area contributed by atoms with Crippen LogP contribution in [0.25, 0.3) is 0 Å².